The van der Waals surface area contributed by atoms with Crippen molar-refractivity contribution in [2.75, 3.05) is 0 Å². The van der Waals surface area contributed by atoms with E-state index in [4.69, 9.17) is 11.6 Å². The minimum Gasteiger partial charge on any atom is -0.298 e. The molecule has 0 radical (unpaired) electrons. The van der Waals surface area contributed by atoms with Gasteiger partial charge in [-0.25, -0.2) is 0 Å². The van der Waals surface area contributed by atoms with Gasteiger partial charge in [-0.05, 0) is 17.7 Å². The fraction of sp³-hybridized carbons (Fsp3) is 0.0588. The Kier molecular flexibility index (Phi) is 3.84. The summed E-state index contributed by atoms with van der Waals surface area (Å²) in [5, 5.41) is 5.18. The van der Waals surface area contributed by atoms with Crippen LogP contribution in [0.25, 0.3) is 11.3 Å². The highest BCUT2D eigenvalue weighted by molar-refractivity contribution is 6.30. The van der Waals surface area contributed by atoms with Crippen molar-refractivity contribution in [3.8, 4) is 11.3 Å². The molecule has 2 aromatic carbocycles. The highest BCUT2D eigenvalue weighted by atomic mass is 35.5. The van der Waals surface area contributed by atoms with E-state index in [1.165, 1.54) is 0 Å². The van der Waals surface area contributed by atoms with E-state index < -0.39 is 0 Å². The number of hydrogen-bond acceptors (Lipinski definition) is 2. The number of aromatic nitrogens is 2. The van der Waals surface area contributed by atoms with Gasteiger partial charge >= 0.3 is 0 Å². The number of carbonyl (C=O) groups is 1. The Morgan fingerprint density at radius 3 is 2.43 bits per heavy atom. The van der Waals surface area contributed by atoms with Crippen LogP contribution in [0.15, 0.2) is 60.8 Å². The SMILES string of the molecule is O=Cc1cn(Cc2ccccc2)nc1-c1ccc(Cl)cc1. The maximum absolute atomic E-state index is 11.3. The van der Waals surface area contributed by atoms with Crippen molar-refractivity contribution in [2.45, 2.75) is 6.54 Å². The van der Waals surface area contributed by atoms with E-state index in [0.29, 0.717) is 22.8 Å². The molecule has 0 amide bonds. The quantitative estimate of drug-likeness (QED) is 0.680. The molecule has 0 unspecified atom stereocenters. The summed E-state index contributed by atoms with van der Waals surface area (Å²) in [6.45, 7) is 0.634. The van der Waals surface area contributed by atoms with Crippen molar-refractivity contribution in [3.63, 3.8) is 0 Å². The largest absolute Gasteiger partial charge is 0.298 e. The molecule has 4 heteroatoms. The zero-order valence-corrected chi connectivity index (χ0v) is 12.0. The molecule has 0 aliphatic carbocycles. The molecule has 3 aromatic rings. The van der Waals surface area contributed by atoms with Gasteiger partial charge in [-0.3, -0.25) is 9.48 Å². The number of hydrogen-bond donors (Lipinski definition) is 0. The first kappa shape index (κ1) is 13.6. The smallest absolute Gasteiger partial charge is 0.153 e. The third kappa shape index (κ3) is 3.03. The minimum absolute atomic E-state index is 0.577. The predicted octanol–water partition coefficient (Wildman–Crippen LogP) is 4.06. The van der Waals surface area contributed by atoms with E-state index in [9.17, 15) is 4.79 Å². The third-order valence-electron chi connectivity index (χ3n) is 3.22. The van der Waals surface area contributed by atoms with Crippen LogP contribution >= 0.6 is 11.6 Å². The van der Waals surface area contributed by atoms with Gasteiger partial charge in [0.05, 0.1) is 12.1 Å². The van der Waals surface area contributed by atoms with Crippen LogP contribution in [0.4, 0.5) is 0 Å². The first-order valence-corrected chi connectivity index (χ1v) is 6.96. The summed E-state index contributed by atoms with van der Waals surface area (Å²) in [7, 11) is 0. The Morgan fingerprint density at radius 2 is 1.76 bits per heavy atom. The van der Waals surface area contributed by atoms with Crippen LogP contribution in [0.3, 0.4) is 0 Å². The van der Waals surface area contributed by atoms with E-state index in [-0.39, 0.29) is 0 Å². The molecule has 1 aromatic heterocycles. The summed E-state index contributed by atoms with van der Waals surface area (Å²) in [6, 6.07) is 17.3. The molecule has 0 aliphatic rings. The molecule has 0 atom stereocenters. The average Bonchev–Trinajstić information content (AvgIpc) is 2.92. The molecular weight excluding hydrogens is 284 g/mol. The van der Waals surface area contributed by atoms with Crippen LogP contribution in [0, 0.1) is 0 Å². The Labute approximate surface area is 127 Å². The van der Waals surface area contributed by atoms with E-state index in [1.54, 1.807) is 23.0 Å². The zero-order valence-electron chi connectivity index (χ0n) is 11.2. The second-order valence-electron chi connectivity index (χ2n) is 4.74. The number of nitrogens with zero attached hydrogens (tertiary/aromatic N) is 2. The van der Waals surface area contributed by atoms with E-state index in [0.717, 1.165) is 17.4 Å². The lowest BCUT2D eigenvalue weighted by Gasteiger charge is -2.01. The molecule has 1 heterocycles. The van der Waals surface area contributed by atoms with Crippen molar-refractivity contribution in [1.29, 1.82) is 0 Å². The molecule has 0 bridgehead atoms. The maximum Gasteiger partial charge on any atom is 0.153 e. The van der Waals surface area contributed by atoms with Crippen molar-refractivity contribution in [3.05, 3.63) is 76.9 Å². The molecule has 3 nitrogen and oxygen atoms in total. The fourth-order valence-electron chi connectivity index (χ4n) is 2.21. The summed E-state index contributed by atoms with van der Waals surface area (Å²) in [5.41, 5.74) is 3.28. The van der Waals surface area contributed by atoms with Crippen LogP contribution in [-0.2, 0) is 6.54 Å². The van der Waals surface area contributed by atoms with Gasteiger partial charge < -0.3 is 0 Å². The molecule has 0 fully saturated rings. The van der Waals surface area contributed by atoms with Gasteiger partial charge in [0, 0.05) is 16.8 Å². The number of aldehydes is 1. The molecule has 0 spiro atoms. The molecule has 21 heavy (non-hydrogen) atoms. The monoisotopic (exact) mass is 296 g/mol. The van der Waals surface area contributed by atoms with Crippen molar-refractivity contribution < 1.29 is 4.79 Å². The lowest BCUT2D eigenvalue weighted by molar-refractivity contribution is 0.112. The van der Waals surface area contributed by atoms with E-state index in [2.05, 4.69) is 5.10 Å². The van der Waals surface area contributed by atoms with Crippen molar-refractivity contribution >= 4 is 17.9 Å². The molecule has 3 rings (SSSR count). The second-order valence-corrected chi connectivity index (χ2v) is 5.18. The number of halogens is 1. The van der Waals surface area contributed by atoms with Gasteiger partial charge in [0.15, 0.2) is 6.29 Å². The van der Waals surface area contributed by atoms with Crippen LogP contribution in [-0.4, -0.2) is 16.1 Å². The Morgan fingerprint density at radius 1 is 1.05 bits per heavy atom. The van der Waals surface area contributed by atoms with E-state index in [1.807, 2.05) is 42.5 Å². The van der Waals surface area contributed by atoms with Gasteiger partial charge in [-0.2, -0.15) is 5.10 Å². The summed E-state index contributed by atoms with van der Waals surface area (Å²) in [4.78, 5) is 11.3. The Bertz CT molecular complexity index is 748. The van der Waals surface area contributed by atoms with Gasteiger partial charge in [-0.15, -0.1) is 0 Å². The standard InChI is InChI=1S/C17H13ClN2O/c18-16-8-6-14(7-9-16)17-15(12-21)11-20(19-17)10-13-4-2-1-3-5-13/h1-9,11-12H,10H2. The average molecular weight is 297 g/mol. The predicted molar refractivity (Wildman–Crippen MR) is 83.6 cm³/mol. The lowest BCUT2D eigenvalue weighted by atomic mass is 10.1. The lowest BCUT2D eigenvalue weighted by Crippen LogP contribution is -1.99. The van der Waals surface area contributed by atoms with Gasteiger partial charge in [0.2, 0.25) is 0 Å². The summed E-state index contributed by atoms with van der Waals surface area (Å²) < 4.78 is 1.78. The normalized spacial score (nSPS) is 10.5. The van der Waals surface area contributed by atoms with Crippen molar-refractivity contribution in [1.82, 2.24) is 9.78 Å². The molecular formula is C17H13ClN2O. The number of rotatable bonds is 4. The highest BCUT2D eigenvalue weighted by Crippen LogP contribution is 2.23. The molecule has 0 aliphatic heterocycles. The van der Waals surface area contributed by atoms with Crippen LogP contribution in [0.2, 0.25) is 5.02 Å². The fourth-order valence-corrected chi connectivity index (χ4v) is 2.33. The summed E-state index contributed by atoms with van der Waals surface area (Å²) >= 11 is 5.89. The second kappa shape index (κ2) is 5.94. The maximum atomic E-state index is 11.3. The molecule has 0 N–H and O–H groups in total. The van der Waals surface area contributed by atoms with E-state index >= 15 is 0 Å². The Balaban J connectivity index is 1.95. The van der Waals surface area contributed by atoms with Crippen LogP contribution < -0.4 is 0 Å². The van der Waals surface area contributed by atoms with Gasteiger partial charge in [0.1, 0.15) is 5.69 Å². The molecule has 0 saturated carbocycles. The Hall–Kier alpha value is -2.39. The van der Waals surface area contributed by atoms with Crippen LogP contribution in [0.1, 0.15) is 15.9 Å². The molecule has 0 saturated heterocycles. The first-order chi connectivity index (χ1) is 10.3. The zero-order chi connectivity index (χ0) is 14.7. The van der Waals surface area contributed by atoms with Gasteiger partial charge in [0.25, 0.3) is 0 Å². The topological polar surface area (TPSA) is 34.9 Å². The number of carbonyl (C=O) groups excluding carboxylic acids is 1. The summed E-state index contributed by atoms with van der Waals surface area (Å²) in [6.07, 6.45) is 2.60. The minimum atomic E-state index is 0.577. The van der Waals surface area contributed by atoms with Crippen molar-refractivity contribution in [2.24, 2.45) is 0 Å². The third-order valence-corrected chi connectivity index (χ3v) is 3.47. The number of benzene rings is 2. The molecule has 104 valence electrons. The summed E-state index contributed by atoms with van der Waals surface area (Å²) in [5.74, 6) is 0. The van der Waals surface area contributed by atoms with Gasteiger partial charge in [-0.1, -0.05) is 54.1 Å². The van der Waals surface area contributed by atoms with Crippen LogP contribution in [0.5, 0.6) is 0 Å². The highest BCUT2D eigenvalue weighted by Gasteiger charge is 2.10. The first-order valence-electron chi connectivity index (χ1n) is 6.59.